The largest absolute Gasteiger partial charge is 0.311 e. The van der Waals surface area contributed by atoms with E-state index >= 15 is 0 Å². The summed E-state index contributed by atoms with van der Waals surface area (Å²) in [4.78, 5) is 0. The predicted molar refractivity (Wildman–Crippen MR) is 74.0 cm³/mol. The van der Waals surface area contributed by atoms with Gasteiger partial charge < -0.3 is 5.32 Å². The zero-order chi connectivity index (χ0) is 13.2. The quantitative estimate of drug-likeness (QED) is 0.850. The van der Waals surface area contributed by atoms with Gasteiger partial charge in [-0.05, 0) is 31.6 Å². The molecule has 2 aliphatic rings. The second-order valence-corrected chi connectivity index (χ2v) is 8.05. The Morgan fingerprint density at radius 2 is 1.72 bits per heavy atom. The van der Waals surface area contributed by atoms with Crippen molar-refractivity contribution in [1.82, 2.24) is 9.62 Å². The Morgan fingerprint density at radius 1 is 1.06 bits per heavy atom. The third kappa shape index (κ3) is 3.93. The summed E-state index contributed by atoms with van der Waals surface area (Å²) in [7, 11) is -2.99. The molecule has 0 bridgehead atoms. The number of nitrogens with one attached hydrogen (secondary N) is 1. The Morgan fingerprint density at radius 3 is 2.28 bits per heavy atom. The maximum absolute atomic E-state index is 11.4. The second-order valence-electron chi connectivity index (χ2n) is 6.07. The standard InChI is InChI=1S/C13H26N2O2S/c1-11-4-3-5-13(10-11)14-12-6-8-15(9-7-12)18(2,16)17/h11-14H,3-10H2,1-2H3. The maximum atomic E-state index is 11.4. The number of nitrogens with zero attached hydrogens (tertiary/aromatic N) is 1. The van der Waals surface area contributed by atoms with Crippen LogP contribution in [0, 0.1) is 5.92 Å². The summed E-state index contributed by atoms with van der Waals surface area (Å²) in [5.41, 5.74) is 0. The molecule has 106 valence electrons. The molecule has 0 aromatic carbocycles. The molecule has 2 atom stereocenters. The van der Waals surface area contributed by atoms with Crippen molar-refractivity contribution in [3.05, 3.63) is 0 Å². The van der Waals surface area contributed by atoms with Gasteiger partial charge in [0.25, 0.3) is 0 Å². The molecule has 0 aromatic rings. The van der Waals surface area contributed by atoms with Crippen LogP contribution in [0.4, 0.5) is 0 Å². The summed E-state index contributed by atoms with van der Waals surface area (Å²) < 4.78 is 24.5. The molecule has 0 radical (unpaired) electrons. The van der Waals surface area contributed by atoms with Crippen LogP contribution in [0.3, 0.4) is 0 Å². The van der Waals surface area contributed by atoms with Gasteiger partial charge in [0, 0.05) is 25.2 Å². The van der Waals surface area contributed by atoms with Gasteiger partial charge in [-0.25, -0.2) is 12.7 Å². The van der Waals surface area contributed by atoms with E-state index in [0.29, 0.717) is 25.2 Å². The van der Waals surface area contributed by atoms with Gasteiger partial charge in [-0.1, -0.05) is 19.8 Å². The third-order valence-corrected chi connectivity index (χ3v) is 5.63. The molecule has 0 amide bonds. The SMILES string of the molecule is CC1CCCC(NC2CCN(S(C)(=O)=O)CC2)C1. The van der Waals surface area contributed by atoms with E-state index in [1.54, 1.807) is 4.31 Å². The summed E-state index contributed by atoms with van der Waals surface area (Å²) >= 11 is 0. The minimum absolute atomic E-state index is 0.512. The molecule has 1 aliphatic heterocycles. The fraction of sp³-hybridized carbons (Fsp3) is 1.00. The Balaban J connectivity index is 1.76. The van der Waals surface area contributed by atoms with E-state index in [4.69, 9.17) is 0 Å². The van der Waals surface area contributed by atoms with E-state index in [1.165, 1.54) is 31.9 Å². The highest BCUT2D eigenvalue weighted by atomic mass is 32.2. The number of hydrogen-bond acceptors (Lipinski definition) is 3. The zero-order valence-corrected chi connectivity index (χ0v) is 12.4. The fourth-order valence-corrected chi connectivity index (χ4v) is 4.15. The Hall–Kier alpha value is -0.130. The molecule has 18 heavy (non-hydrogen) atoms. The first kappa shape index (κ1) is 14.3. The summed E-state index contributed by atoms with van der Waals surface area (Å²) in [5, 5.41) is 3.74. The lowest BCUT2D eigenvalue weighted by Crippen LogP contribution is -2.48. The second kappa shape index (κ2) is 5.88. The van der Waals surface area contributed by atoms with Crippen molar-refractivity contribution < 1.29 is 8.42 Å². The van der Waals surface area contributed by atoms with E-state index in [1.807, 2.05) is 0 Å². The maximum Gasteiger partial charge on any atom is 0.211 e. The first-order valence-electron chi connectivity index (χ1n) is 7.16. The van der Waals surface area contributed by atoms with Crippen LogP contribution in [-0.2, 0) is 10.0 Å². The van der Waals surface area contributed by atoms with Crippen molar-refractivity contribution in [2.45, 2.75) is 57.5 Å². The number of hydrogen-bond donors (Lipinski definition) is 1. The van der Waals surface area contributed by atoms with E-state index in [0.717, 1.165) is 18.8 Å². The molecule has 0 spiro atoms. The van der Waals surface area contributed by atoms with E-state index in [2.05, 4.69) is 12.2 Å². The molecule has 5 heteroatoms. The normalized spacial score (nSPS) is 32.6. The van der Waals surface area contributed by atoms with Gasteiger partial charge >= 0.3 is 0 Å². The van der Waals surface area contributed by atoms with Gasteiger partial charge in [-0.15, -0.1) is 0 Å². The van der Waals surface area contributed by atoms with E-state index in [-0.39, 0.29) is 0 Å². The van der Waals surface area contributed by atoms with E-state index < -0.39 is 10.0 Å². The third-order valence-electron chi connectivity index (χ3n) is 4.33. The lowest BCUT2D eigenvalue weighted by atomic mass is 9.86. The highest BCUT2D eigenvalue weighted by molar-refractivity contribution is 7.88. The van der Waals surface area contributed by atoms with Crippen molar-refractivity contribution in [1.29, 1.82) is 0 Å². The molecule has 2 unspecified atom stereocenters. The van der Waals surface area contributed by atoms with Gasteiger partial charge in [0.05, 0.1) is 6.26 Å². The molecule has 1 saturated heterocycles. The predicted octanol–water partition coefficient (Wildman–Crippen LogP) is 1.58. The molecule has 4 nitrogen and oxygen atoms in total. The van der Waals surface area contributed by atoms with Gasteiger partial charge in [0.15, 0.2) is 0 Å². The van der Waals surface area contributed by atoms with Crippen LogP contribution in [-0.4, -0.2) is 44.2 Å². The van der Waals surface area contributed by atoms with Crippen LogP contribution in [0.1, 0.15) is 45.4 Å². The van der Waals surface area contributed by atoms with Crippen LogP contribution < -0.4 is 5.32 Å². The average Bonchev–Trinajstić information content (AvgIpc) is 2.28. The van der Waals surface area contributed by atoms with Gasteiger partial charge in [0.1, 0.15) is 0 Å². The average molecular weight is 274 g/mol. The monoisotopic (exact) mass is 274 g/mol. The van der Waals surface area contributed by atoms with Crippen molar-refractivity contribution in [2.24, 2.45) is 5.92 Å². The van der Waals surface area contributed by atoms with Crippen LogP contribution in [0.2, 0.25) is 0 Å². The molecule has 1 N–H and O–H groups in total. The van der Waals surface area contributed by atoms with Gasteiger partial charge in [-0.2, -0.15) is 0 Å². The molecule has 2 fully saturated rings. The lowest BCUT2D eigenvalue weighted by Gasteiger charge is -2.35. The summed E-state index contributed by atoms with van der Waals surface area (Å²) in [6.07, 6.45) is 8.49. The Bertz CT molecular complexity index is 361. The van der Waals surface area contributed by atoms with Crippen LogP contribution in [0.15, 0.2) is 0 Å². The lowest BCUT2D eigenvalue weighted by molar-refractivity contribution is 0.232. The minimum atomic E-state index is -2.99. The summed E-state index contributed by atoms with van der Waals surface area (Å²) in [6, 6.07) is 1.17. The van der Waals surface area contributed by atoms with Crippen molar-refractivity contribution in [3.63, 3.8) is 0 Å². The van der Waals surface area contributed by atoms with Crippen LogP contribution in [0.25, 0.3) is 0 Å². The van der Waals surface area contributed by atoms with Crippen molar-refractivity contribution in [3.8, 4) is 0 Å². The number of rotatable bonds is 3. The number of sulfonamides is 1. The molecule has 2 rings (SSSR count). The highest BCUT2D eigenvalue weighted by Crippen LogP contribution is 2.25. The zero-order valence-electron chi connectivity index (χ0n) is 11.6. The molecular weight excluding hydrogens is 248 g/mol. The molecule has 0 aromatic heterocycles. The smallest absolute Gasteiger partial charge is 0.211 e. The van der Waals surface area contributed by atoms with Gasteiger partial charge in [-0.3, -0.25) is 0 Å². The molecule has 1 aliphatic carbocycles. The highest BCUT2D eigenvalue weighted by Gasteiger charge is 2.27. The van der Waals surface area contributed by atoms with Crippen LogP contribution in [0.5, 0.6) is 0 Å². The van der Waals surface area contributed by atoms with Gasteiger partial charge in [0.2, 0.25) is 10.0 Å². The first-order valence-corrected chi connectivity index (χ1v) is 9.01. The fourth-order valence-electron chi connectivity index (χ4n) is 3.27. The van der Waals surface area contributed by atoms with E-state index in [9.17, 15) is 8.42 Å². The topological polar surface area (TPSA) is 49.4 Å². The molecular formula is C13H26N2O2S. The molecule has 1 heterocycles. The van der Waals surface area contributed by atoms with Crippen LogP contribution >= 0.6 is 0 Å². The first-order chi connectivity index (χ1) is 8.45. The van der Waals surface area contributed by atoms with Crippen molar-refractivity contribution in [2.75, 3.05) is 19.3 Å². The molecule has 1 saturated carbocycles. The minimum Gasteiger partial charge on any atom is -0.311 e. The number of piperidine rings is 1. The Kier molecular flexibility index (Phi) is 4.67. The summed E-state index contributed by atoms with van der Waals surface area (Å²) in [5.74, 6) is 0.840. The Labute approximate surface area is 111 Å². The summed E-state index contributed by atoms with van der Waals surface area (Å²) in [6.45, 7) is 3.69. The van der Waals surface area contributed by atoms with Crippen molar-refractivity contribution >= 4 is 10.0 Å².